The summed E-state index contributed by atoms with van der Waals surface area (Å²) < 4.78 is 0. The molecule has 0 heterocycles. The van der Waals surface area contributed by atoms with Gasteiger partial charge in [0.1, 0.15) is 6.04 Å². The van der Waals surface area contributed by atoms with E-state index in [9.17, 15) is 9.59 Å². The van der Waals surface area contributed by atoms with Crippen molar-refractivity contribution < 1.29 is 14.7 Å². The zero-order valence-electron chi connectivity index (χ0n) is 9.77. The van der Waals surface area contributed by atoms with Gasteiger partial charge in [0.2, 0.25) is 5.91 Å². The van der Waals surface area contributed by atoms with Gasteiger partial charge in [0, 0.05) is 5.92 Å². The van der Waals surface area contributed by atoms with Crippen molar-refractivity contribution in [1.82, 2.24) is 5.32 Å². The van der Waals surface area contributed by atoms with Crippen LogP contribution in [0.2, 0.25) is 0 Å². The molecule has 0 radical (unpaired) electrons. The molecule has 0 aromatic rings. The number of amides is 1. The van der Waals surface area contributed by atoms with Crippen molar-refractivity contribution in [3.05, 3.63) is 12.2 Å². The van der Waals surface area contributed by atoms with Crippen LogP contribution in [0.15, 0.2) is 12.2 Å². The Labute approximate surface area is 95.7 Å². The highest BCUT2D eigenvalue weighted by molar-refractivity contribution is 5.85. The number of carbonyl (C=O) groups excluding carboxylic acids is 1. The number of aliphatic carboxylic acids is 1. The molecule has 0 bridgehead atoms. The van der Waals surface area contributed by atoms with E-state index in [0.29, 0.717) is 0 Å². The van der Waals surface area contributed by atoms with Gasteiger partial charge in [0.25, 0.3) is 0 Å². The van der Waals surface area contributed by atoms with Crippen LogP contribution in [-0.4, -0.2) is 23.0 Å². The Bertz CT molecular complexity index is 291. The minimum atomic E-state index is -0.950. The van der Waals surface area contributed by atoms with Gasteiger partial charge in [-0.1, -0.05) is 32.4 Å². The minimum Gasteiger partial charge on any atom is -0.480 e. The monoisotopic (exact) mass is 225 g/mol. The summed E-state index contributed by atoms with van der Waals surface area (Å²) in [6, 6.07) is -0.766. The maximum Gasteiger partial charge on any atom is 0.326 e. The maximum absolute atomic E-state index is 11.8. The van der Waals surface area contributed by atoms with Gasteiger partial charge in [-0.2, -0.15) is 0 Å². The topological polar surface area (TPSA) is 66.4 Å². The van der Waals surface area contributed by atoms with Gasteiger partial charge in [-0.25, -0.2) is 4.79 Å². The highest BCUT2D eigenvalue weighted by atomic mass is 16.4. The Morgan fingerprint density at radius 3 is 2.44 bits per heavy atom. The lowest BCUT2D eigenvalue weighted by Gasteiger charge is -2.21. The summed E-state index contributed by atoms with van der Waals surface area (Å²) in [6.45, 7) is 3.76. The summed E-state index contributed by atoms with van der Waals surface area (Å²) in [5.74, 6) is -1.21. The van der Waals surface area contributed by atoms with E-state index in [2.05, 4.69) is 5.32 Å². The van der Waals surface area contributed by atoms with Crippen LogP contribution >= 0.6 is 0 Å². The van der Waals surface area contributed by atoms with E-state index in [4.69, 9.17) is 5.11 Å². The van der Waals surface area contributed by atoms with Crippen LogP contribution in [0, 0.1) is 11.8 Å². The summed E-state index contributed by atoms with van der Waals surface area (Å²) in [6.07, 6.45) is 6.10. The van der Waals surface area contributed by atoms with Crippen LogP contribution in [-0.2, 0) is 9.59 Å². The average molecular weight is 225 g/mol. The number of allylic oxidation sites excluding steroid dienone is 2. The van der Waals surface area contributed by atoms with Gasteiger partial charge in [0.05, 0.1) is 0 Å². The molecule has 2 atom stereocenters. The SMILES string of the molecule is CC[C@H](C)[C@H](NC(=O)C1CC=CC1)C(=O)O. The molecule has 0 aromatic heterocycles. The molecule has 4 nitrogen and oxygen atoms in total. The van der Waals surface area contributed by atoms with E-state index in [1.165, 1.54) is 0 Å². The average Bonchev–Trinajstić information content (AvgIpc) is 2.77. The molecule has 0 spiro atoms. The Morgan fingerprint density at radius 1 is 1.44 bits per heavy atom. The van der Waals surface area contributed by atoms with E-state index in [1.54, 1.807) is 0 Å². The zero-order valence-corrected chi connectivity index (χ0v) is 9.77. The predicted octanol–water partition coefficient (Wildman–Crippen LogP) is 1.57. The zero-order chi connectivity index (χ0) is 12.1. The van der Waals surface area contributed by atoms with Crippen molar-refractivity contribution in [2.75, 3.05) is 0 Å². The third kappa shape index (κ3) is 3.08. The van der Waals surface area contributed by atoms with E-state index < -0.39 is 12.0 Å². The largest absolute Gasteiger partial charge is 0.480 e. The van der Waals surface area contributed by atoms with Gasteiger partial charge >= 0.3 is 5.97 Å². The van der Waals surface area contributed by atoms with Crippen LogP contribution in [0.4, 0.5) is 0 Å². The fraction of sp³-hybridized carbons (Fsp3) is 0.667. The fourth-order valence-electron chi connectivity index (χ4n) is 1.79. The first kappa shape index (κ1) is 12.7. The number of rotatable bonds is 5. The molecule has 1 aliphatic carbocycles. The van der Waals surface area contributed by atoms with Gasteiger partial charge < -0.3 is 10.4 Å². The van der Waals surface area contributed by atoms with Gasteiger partial charge in [-0.15, -0.1) is 0 Å². The molecule has 0 aromatic carbocycles. The Kier molecular flexibility index (Phi) is 4.52. The molecule has 1 rings (SSSR count). The number of hydrogen-bond donors (Lipinski definition) is 2. The van der Waals surface area contributed by atoms with Crippen molar-refractivity contribution in [2.24, 2.45) is 11.8 Å². The normalized spacial score (nSPS) is 19.4. The van der Waals surface area contributed by atoms with Crippen molar-refractivity contribution >= 4 is 11.9 Å². The summed E-state index contributed by atoms with van der Waals surface area (Å²) >= 11 is 0. The van der Waals surface area contributed by atoms with Crippen LogP contribution < -0.4 is 5.32 Å². The molecule has 2 N–H and O–H groups in total. The molecular weight excluding hydrogens is 206 g/mol. The van der Waals surface area contributed by atoms with Crippen LogP contribution in [0.1, 0.15) is 33.1 Å². The number of carboxylic acid groups (broad SMARTS) is 1. The second-order valence-corrected chi connectivity index (χ2v) is 4.35. The van der Waals surface area contributed by atoms with Crippen molar-refractivity contribution in [3.8, 4) is 0 Å². The smallest absolute Gasteiger partial charge is 0.326 e. The van der Waals surface area contributed by atoms with Gasteiger partial charge in [-0.3, -0.25) is 4.79 Å². The second kappa shape index (κ2) is 5.68. The standard InChI is InChI=1S/C12H19NO3/c1-3-8(2)10(12(15)16)13-11(14)9-6-4-5-7-9/h4-5,8-10H,3,6-7H2,1-2H3,(H,13,14)(H,15,16)/t8-,10-/m0/s1. The van der Waals surface area contributed by atoms with Crippen molar-refractivity contribution in [1.29, 1.82) is 0 Å². The Balaban J connectivity index is 2.54. The fourth-order valence-corrected chi connectivity index (χ4v) is 1.79. The van der Waals surface area contributed by atoms with Gasteiger partial charge in [-0.05, 0) is 18.8 Å². The predicted molar refractivity (Wildman–Crippen MR) is 60.9 cm³/mol. The lowest BCUT2D eigenvalue weighted by atomic mass is 9.97. The molecule has 0 fully saturated rings. The molecule has 90 valence electrons. The first-order valence-corrected chi connectivity index (χ1v) is 5.74. The number of nitrogens with one attached hydrogen (secondary N) is 1. The highest BCUT2D eigenvalue weighted by Gasteiger charge is 2.28. The third-order valence-electron chi connectivity index (χ3n) is 3.16. The lowest BCUT2D eigenvalue weighted by Crippen LogP contribution is -2.46. The quantitative estimate of drug-likeness (QED) is 0.698. The number of hydrogen-bond acceptors (Lipinski definition) is 2. The number of carboxylic acids is 1. The molecule has 0 unspecified atom stereocenters. The minimum absolute atomic E-state index is 0.0455. The summed E-state index contributed by atoms with van der Waals surface area (Å²) in [5.41, 5.74) is 0. The highest BCUT2D eigenvalue weighted by Crippen LogP contribution is 2.18. The summed E-state index contributed by atoms with van der Waals surface area (Å²) in [7, 11) is 0. The lowest BCUT2D eigenvalue weighted by molar-refractivity contribution is -0.143. The molecule has 0 saturated carbocycles. The van der Waals surface area contributed by atoms with Crippen LogP contribution in [0.5, 0.6) is 0 Å². The maximum atomic E-state index is 11.8. The van der Waals surface area contributed by atoms with Crippen LogP contribution in [0.3, 0.4) is 0 Å². The van der Waals surface area contributed by atoms with Crippen molar-refractivity contribution in [3.63, 3.8) is 0 Å². The molecule has 0 aliphatic heterocycles. The molecule has 1 amide bonds. The third-order valence-corrected chi connectivity index (χ3v) is 3.16. The molecular formula is C12H19NO3. The van der Waals surface area contributed by atoms with Crippen molar-refractivity contribution in [2.45, 2.75) is 39.2 Å². The van der Waals surface area contributed by atoms with Crippen LogP contribution in [0.25, 0.3) is 0 Å². The van der Waals surface area contributed by atoms with E-state index in [-0.39, 0.29) is 17.7 Å². The van der Waals surface area contributed by atoms with E-state index >= 15 is 0 Å². The summed E-state index contributed by atoms with van der Waals surface area (Å²) in [4.78, 5) is 22.8. The molecule has 1 aliphatic rings. The number of carbonyl (C=O) groups is 2. The van der Waals surface area contributed by atoms with E-state index in [0.717, 1.165) is 19.3 Å². The molecule has 0 saturated heterocycles. The molecule has 4 heteroatoms. The first-order chi connectivity index (χ1) is 7.56. The first-order valence-electron chi connectivity index (χ1n) is 5.74. The Morgan fingerprint density at radius 2 is 2.00 bits per heavy atom. The molecule has 16 heavy (non-hydrogen) atoms. The Hall–Kier alpha value is -1.32. The van der Waals surface area contributed by atoms with E-state index in [1.807, 2.05) is 26.0 Å². The van der Waals surface area contributed by atoms with Gasteiger partial charge in [0.15, 0.2) is 0 Å². The summed E-state index contributed by atoms with van der Waals surface area (Å²) in [5, 5.41) is 11.7. The second-order valence-electron chi connectivity index (χ2n) is 4.35.